The number of rotatable bonds is 7. The van der Waals surface area contributed by atoms with E-state index in [0.29, 0.717) is 6.61 Å². The minimum absolute atomic E-state index is 0.0207. The molecule has 112 valence electrons. The Hall–Kier alpha value is -1.36. The first-order valence-electron chi connectivity index (χ1n) is 7.17. The molecule has 0 aliphatic heterocycles. The van der Waals surface area contributed by atoms with Crippen LogP contribution in [0.5, 0.6) is 5.75 Å². The number of hydrazine groups is 1. The molecule has 4 heteroatoms. The van der Waals surface area contributed by atoms with Crippen molar-refractivity contribution in [3.63, 3.8) is 0 Å². The molecule has 0 radical (unpaired) electrons. The van der Waals surface area contributed by atoms with Gasteiger partial charge < -0.3 is 4.74 Å². The number of hydrogen-bond donors (Lipinski definition) is 2. The van der Waals surface area contributed by atoms with E-state index in [2.05, 4.69) is 46.5 Å². The number of benzene rings is 2. The molecule has 1 atom stereocenters. The summed E-state index contributed by atoms with van der Waals surface area (Å²) in [6, 6.07) is 16.3. The van der Waals surface area contributed by atoms with Gasteiger partial charge in [0.2, 0.25) is 0 Å². The molecule has 0 aliphatic carbocycles. The first-order chi connectivity index (χ1) is 10.2. The zero-order chi connectivity index (χ0) is 15.1. The van der Waals surface area contributed by atoms with Gasteiger partial charge in [0.25, 0.3) is 0 Å². The lowest BCUT2D eigenvalue weighted by molar-refractivity contribution is 0.310. The highest BCUT2D eigenvalue weighted by Gasteiger charge is 2.15. The highest BCUT2D eigenvalue weighted by Crippen LogP contribution is 2.28. The van der Waals surface area contributed by atoms with Crippen molar-refractivity contribution < 1.29 is 4.74 Å². The minimum atomic E-state index is 0.0207. The van der Waals surface area contributed by atoms with Crippen molar-refractivity contribution in [1.82, 2.24) is 5.43 Å². The van der Waals surface area contributed by atoms with Crippen molar-refractivity contribution in [1.29, 1.82) is 0 Å². The monoisotopic (exact) mass is 348 g/mol. The molecule has 2 aromatic carbocycles. The number of para-hydroxylation sites is 1. The average molecular weight is 349 g/mol. The van der Waals surface area contributed by atoms with Crippen molar-refractivity contribution >= 4 is 15.9 Å². The standard InChI is InChI=1S/C17H21BrN2O/c1-2-10-21-17-9-4-3-8-15(17)16(20-19)12-13-6-5-7-14(18)11-13/h3-9,11,16,20H,2,10,12,19H2,1H3. The van der Waals surface area contributed by atoms with E-state index in [1.807, 2.05) is 30.3 Å². The second kappa shape index (κ2) is 8.17. The van der Waals surface area contributed by atoms with Crippen LogP contribution in [-0.4, -0.2) is 6.61 Å². The van der Waals surface area contributed by atoms with Crippen molar-refractivity contribution in [3.05, 3.63) is 64.1 Å². The average Bonchev–Trinajstić information content (AvgIpc) is 2.51. The summed E-state index contributed by atoms with van der Waals surface area (Å²) in [4.78, 5) is 0. The Labute approximate surface area is 134 Å². The van der Waals surface area contributed by atoms with Crippen LogP contribution in [0.2, 0.25) is 0 Å². The Morgan fingerprint density at radius 3 is 2.71 bits per heavy atom. The number of nitrogens with two attached hydrogens (primary N) is 1. The van der Waals surface area contributed by atoms with E-state index in [4.69, 9.17) is 10.6 Å². The van der Waals surface area contributed by atoms with E-state index in [9.17, 15) is 0 Å². The molecular formula is C17H21BrN2O. The van der Waals surface area contributed by atoms with E-state index in [1.165, 1.54) is 5.56 Å². The van der Waals surface area contributed by atoms with Crippen LogP contribution in [0.15, 0.2) is 53.0 Å². The normalized spacial score (nSPS) is 12.1. The summed E-state index contributed by atoms with van der Waals surface area (Å²) in [7, 11) is 0. The fraction of sp³-hybridized carbons (Fsp3) is 0.294. The predicted octanol–water partition coefficient (Wildman–Crippen LogP) is 3.99. The van der Waals surface area contributed by atoms with E-state index in [-0.39, 0.29) is 6.04 Å². The Morgan fingerprint density at radius 1 is 1.19 bits per heavy atom. The third-order valence-corrected chi connectivity index (χ3v) is 3.78. The Balaban J connectivity index is 2.20. The fourth-order valence-electron chi connectivity index (χ4n) is 2.27. The maximum atomic E-state index is 5.83. The molecule has 0 fully saturated rings. The van der Waals surface area contributed by atoms with Gasteiger partial charge in [0.1, 0.15) is 5.75 Å². The van der Waals surface area contributed by atoms with Gasteiger partial charge >= 0.3 is 0 Å². The van der Waals surface area contributed by atoms with Gasteiger partial charge in [0.05, 0.1) is 12.6 Å². The SMILES string of the molecule is CCCOc1ccccc1C(Cc1cccc(Br)c1)NN. The number of halogens is 1. The van der Waals surface area contributed by atoms with Gasteiger partial charge in [0, 0.05) is 10.0 Å². The number of nitrogens with one attached hydrogen (secondary N) is 1. The molecule has 3 N–H and O–H groups in total. The third-order valence-electron chi connectivity index (χ3n) is 3.29. The molecule has 0 bridgehead atoms. The Morgan fingerprint density at radius 2 is 2.00 bits per heavy atom. The van der Waals surface area contributed by atoms with E-state index < -0.39 is 0 Å². The van der Waals surface area contributed by atoms with Crippen LogP contribution >= 0.6 is 15.9 Å². The fourth-order valence-corrected chi connectivity index (χ4v) is 2.72. The molecule has 0 saturated carbocycles. The maximum absolute atomic E-state index is 5.83. The molecule has 0 aliphatic rings. The predicted molar refractivity (Wildman–Crippen MR) is 90.1 cm³/mol. The van der Waals surface area contributed by atoms with Gasteiger partial charge in [0.15, 0.2) is 0 Å². The summed E-state index contributed by atoms with van der Waals surface area (Å²) in [6.07, 6.45) is 1.79. The molecular weight excluding hydrogens is 328 g/mol. The van der Waals surface area contributed by atoms with Gasteiger partial charge in [-0.1, -0.05) is 53.2 Å². The Bertz CT molecular complexity index is 574. The quantitative estimate of drug-likeness (QED) is 0.587. The van der Waals surface area contributed by atoms with Gasteiger partial charge in [-0.3, -0.25) is 11.3 Å². The molecule has 0 heterocycles. The van der Waals surface area contributed by atoms with Crippen LogP contribution in [0.1, 0.15) is 30.5 Å². The summed E-state index contributed by atoms with van der Waals surface area (Å²) >= 11 is 3.50. The zero-order valence-corrected chi connectivity index (χ0v) is 13.8. The number of hydrogen-bond acceptors (Lipinski definition) is 3. The van der Waals surface area contributed by atoms with Crippen LogP contribution < -0.4 is 16.0 Å². The zero-order valence-electron chi connectivity index (χ0n) is 12.2. The largest absolute Gasteiger partial charge is 0.493 e. The van der Waals surface area contributed by atoms with Crippen molar-refractivity contribution in [2.24, 2.45) is 5.84 Å². The first-order valence-corrected chi connectivity index (χ1v) is 7.96. The molecule has 0 saturated heterocycles. The lowest BCUT2D eigenvalue weighted by Gasteiger charge is -2.20. The molecule has 2 aromatic rings. The van der Waals surface area contributed by atoms with E-state index in [1.54, 1.807) is 0 Å². The molecule has 0 aromatic heterocycles. The molecule has 21 heavy (non-hydrogen) atoms. The van der Waals surface area contributed by atoms with Crippen molar-refractivity contribution in [2.75, 3.05) is 6.61 Å². The molecule has 1 unspecified atom stereocenters. The van der Waals surface area contributed by atoms with Gasteiger partial charge in [-0.2, -0.15) is 0 Å². The van der Waals surface area contributed by atoms with Gasteiger partial charge in [-0.05, 0) is 36.6 Å². The molecule has 3 nitrogen and oxygen atoms in total. The van der Waals surface area contributed by atoms with Gasteiger partial charge in [-0.25, -0.2) is 0 Å². The summed E-state index contributed by atoms with van der Waals surface area (Å²) < 4.78 is 6.90. The smallest absolute Gasteiger partial charge is 0.124 e. The minimum Gasteiger partial charge on any atom is -0.493 e. The van der Waals surface area contributed by atoms with Crippen LogP contribution in [0, 0.1) is 0 Å². The third kappa shape index (κ3) is 4.56. The Kier molecular flexibility index (Phi) is 6.23. The van der Waals surface area contributed by atoms with E-state index in [0.717, 1.165) is 28.6 Å². The lowest BCUT2D eigenvalue weighted by Crippen LogP contribution is -2.30. The molecule has 0 amide bonds. The molecule has 2 rings (SSSR count). The second-order valence-electron chi connectivity index (χ2n) is 4.94. The topological polar surface area (TPSA) is 47.3 Å². The summed E-state index contributed by atoms with van der Waals surface area (Å²) in [5.74, 6) is 6.67. The summed E-state index contributed by atoms with van der Waals surface area (Å²) in [5, 5.41) is 0. The lowest BCUT2D eigenvalue weighted by atomic mass is 9.98. The summed E-state index contributed by atoms with van der Waals surface area (Å²) in [5.41, 5.74) is 5.22. The number of ether oxygens (including phenoxy) is 1. The van der Waals surface area contributed by atoms with Crippen molar-refractivity contribution in [2.45, 2.75) is 25.8 Å². The van der Waals surface area contributed by atoms with Crippen LogP contribution in [0.3, 0.4) is 0 Å². The van der Waals surface area contributed by atoms with Crippen LogP contribution in [0.25, 0.3) is 0 Å². The first kappa shape index (κ1) is 16.0. The van der Waals surface area contributed by atoms with Crippen LogP contribution in [-0.2, 0) is 6.42 Å². The van der Waals surface area contributed by atoms with Gasteiger partial charge in [-0.15, -0.1) is 0 Å². The van der Waals surface area contributed by atoms with Crippen LogP contribution in [0.4, 0.5) is 0 Å². The highest BCUT2D eigenvalue weighted by molar-refractivity contribution is 9.10. The van der Waals surface area contributed by atoms with Crippen molar-refractivity contribution in [3.8, 4) is 5.75 Å². The maximum Gasteiger partial charge on any atom is 0.124 e. The van der Waals surface area contributed by atoms with E-state index >= 15 is 0 Å². The summed E-state index contributed by atoms with van der Waals surface area (Å²) in [6.45, 7) is 2.81. The second-order valence-corrected chi connectivity index (χ2v) is 5.86. The molecule has 0 spiro atoms. The highest BCUT2D eigenvalue weighted by atomic mass is 79.9.